The lowest BCUT2D eigenvalue weighted by atomic mass is 10.0. The van der Waals surface area contributed by atoms with Crippen molar-refractivity contribution in [3.05, 3.63) is 79.0 Å². The van der Waals surface area contributed by atoms with Crippen LogP contribution >= 0.6 is 0 Å². The third kappa shape index (κ3) is 4.39. The van der Waals surface area contributed by atoms with Gasteiger partial charge < -0.3 is 0 Å². The number of benzene rings is 3. The smallest absolute Gasteiger partial charge is 0.225 e. The molecule has 11 heteroatoms. The first-order chi connectivity index (χ1) is 14.6. The van der Waals surface area contributed by atoms with E-state index in [0.717, 1.165) is 15.4 Å². The molecule has 0 aliphatic rings. The molecule has 4 N–H and O–H groups in total. The fraction of sp³-hybridized carbons (Fsp3) is 0. The van der Waals surface area contributed by atoms with Crippen molar-refractivity contribution in [2.45, 2.75) is 4.90 Å². The third-order valence-electron chi connectivity index (χ3n) is 4.51. The molecule has 1 heterocycles. The summed E-state index contributed by atoms with van der Waals surface area (Å²) in [5.41, 5.74) is 2.46. The Kier molecular flexibility index (Phi) is 5.19. The van der Waals surface area contributed by atoms with Crippen molar-refractivity contribution in [3.63, 3.8) is 0 Å². The predicted octanol–water partition coefficient (Wildman–Crippen LogP) is 2.29. The van der Waals surface area contributed by atoms with Gasteiger partial charge in [0.25, 0.3) is 0 Å². The fourth-order valence-electron chi connectivity index (χ4n) is 3.07. The normalized spacial score (nSPS) is 12.1. The van der Waals surface area contributed by atoms with Gasteiger partial charge in [-0.25, -0.2) is 28.7 Å². The van der Waals surface area contributed by atoms with Gasteiger partial charge >= 0.3 is 10.2 Å². The summed E-state index contributed by atoms with van der Waals surface area (Å²) in [7, 11) is -8.26. The predicted molar refractivity (Wildman–Crippen MR) is 118 cm³/mol. The number of hydrogen-bond donors (Lipinski definition) is 2. The van der Waals surface area contributed by atoms with Gasteiger partial charge in [0.2, 0.25) is 16.0 Å². The summed E-state index contributed by atoms with van der Waals surface area (Å²) in [6, 6.07) is 20.1. The Morgan fingerprint density at radius 1 is 0.774 bits per heavy atom. The molecule has 0 spiro atoms. The lowest BCUT2D eigenvalue weighted by Gasteiger charge is -2.20. The Balaban J connectivity index is 1.83. The average Bonchev–Trinajstić information content (AvgIpc) is 2.73. The molecule has 0 radical (unpaired) electrons. The number of rotatable bonds is 5. The van der Waals surface area contributed by atoms with Gasteiger partial charge in [-0.05, 0) is 41.5 Å². The standard InChI is InChI=1S/C20H17N5O4S2/c21-30(26,27)18-10-8-17(9-11-18)25(31(22,28)29)20-23-13-16-7-6-15(12-19(16)24-20)14-4-2-1-3-5-14/h1-13H,(H2,21,26,27)(H2,22,28,29). The highest BCUT2D eigenvalue weighted by atomic mass is 32.2. The molecule has 0 unspecified atom stereocenters. The largest absolute Gasteiger partial charge is 0.305 e. The molecule has 0 atom stereocenters. The Hall–Kier alpha value is -3.38. The Morgan fingerprint density at radius 2 is 1.45 bits per heavy atom. The molecule has 0 aliphatic carbocycles. The third-order valence-corrected chi connectivity index (χ3v) is 6.33. The molecule has 9 nitrogen and oxygen atoms in total. The van der Waals surface area contributed by atoms with E-state index in [1.807, 2.05) is 48.5 Å². The number of hydrogen-bond acceptors (Lipinski definition) is 6. The summed E-state index contributed by atoms with van der Waals surface area (Å²) in [4.78, 5) is 8.36. The van der Waals surface area contributed by atoms with E-state index in [9.17, 15) is 16.8 Å². The molecular weight excluding hydrogens is 438 g/mol. The average molecular weight is 456 g/mol. The molecule has 0 aliphatic heterocycles. The molecule has 31 heavy (non-hydrogen) atoms. The van der Waals surface area contributed by atoms with E-state index >= 15 is 0 Å². The second kappa shape index (κ2) is 7.71. The van der Waals surface area contributed by atoms with Gasteiger partial charge in [0.1, 0.15) is 0 Å². The molecule has 4 rings (SSSR count). The zero-order valence-corrected chi connectivity index (χ0v) is 17.6. The minimum Gasteiger partial charge on any atom is -0.225 e. The quantitative estimate of drug-likeness (QED) is 0.471. The molecule has 3 aromatic carbocycles. The van der Waals surface area contributed by atoms with Gasteiger partial charge in [0.15, 0.2) is 0 Å². The Labute approximate surface area is 179 Å². The van der Waals surface area contributed by atoms with Crippen molar-refractivity contribution < 1.29 is 16.8 Å². The zero-order chi connectivity index (χ0) is 22.2. The summed E-state index contributed by atoms with van der Waals surface area (Å²) >= 11 is 0. The summed E-state index contributed by atoms with van der Waals surface area (Å²) in [5.74, 6) is -0.177. The van der Waals surface area contributed by atoms with Crippen molar-refractivity contribution in [3.8, 4) is 11.1 Å². The van der Waals surface area contributed by atoms with E-state index in [0.29, 0.717) is 10.9 Å². The first kappa shape index (κ1) is 20.9. The SMILES string of the molecule is NS(=O)(=O)c1ccc(N(c2ncc3ccc(-c4ccccc4)cc3n2)S(N)(=O)=O)cc1. The maximum absolute atomic E-state index is 12.3. The number of anilines is 2. The molecule has 0 bridgehead atoms. The highest BCUT2D eigenvalue weighted by Gasteiger charge is 2.24. The van der Waals surface area contributed by atoms with Crippen LogP contribution in [0.3, 0.4) is 0 Å². The van der Waals surface area contributed by atoms with E-state index in [1.54, 1.807) is 0 Å². The van der Waals surface area contributed by atoms with Crippen LogP contribution in [-0.2, 0) is 20.2 Å². The number of nitrogens with zero attached hydrogens (tertiary/aromatic N) is 3. The van der Waals surface area contributed by atoms with Crippen molar-refractivity contribution in [1.29, 1.82) is 0 Å². The summed E-state index contributed by atoms with van der Waals surface area (Å²) in [6.07, 6.45) is 1.49. The van der Waals surface area contributed by atoms with Gasteiger partial charge in [-0.1, -0.05) is 42.5 Å². The maximum atomic E-state index is 12.3. The summed E-state index contributed by atoms with van der Waals surface area (Å²) in [6.45, 7) is 0. The van der Waals surface area contributed by atoms with Crippen molar-refractivity contribution in [2.75, 3.05) is 4.31 Å². The van der Waals surface area contributed by atoms with E-state index < -0.39 is 20.2 Å². The van der Waals surface area contributed by atoms with Crippen LogP contribution in [0.5, 0.6) is 0 Å². The second-order valence-electron chi connectivity index (χ2n) is 6.66. The minimum atomic E-state index is -4.32. The van der Waals surface area contributed by atoms with Gasteiger partial charge in [-0.15, -0.1) is 0 Å². The van der Waals surface area contributed by atoms with Gasteiger partial charge in [-0.2, -0.15) is 12.7 Å². The van der Waals surface area contributed by atoms with Crippen LogP contribution in [0.2, 0.25) is 0 Å². The first-order valence-electron chi connectivity index (χ1n) is 8.91. The van der Waals surface area contributed by atoms with Crippen LogP contribution in [-0.4, -0.2) is 26.8 Å². The topological polar surface area (TPSA) is 149 Å². The number of primary sulfonamides is 1. The number of aromatic nitrogens is 2. The summed E-state index contributed by atoms with van der Waals surface area (Å²) in [5, 5.41) is 11.2. The number of sulfonamides is 1. The monoisotopic (exact) mass is 455 g/mol. The van der Waals surface area contributed by atoms with Gasteiger partial charge in [0, 0.05) is 11.6 Å². The lowest BCUT2D eigenvalue weighted by Crippen LogP contribution is -2.34. The molecule has 1 aromatic heterocycles. The van der Waals surface area contributed by atoms with Crippen LogP contribution in [0.15, 0.2) is 83.9 Å². The van der Waals surface area contributed by atoms with Crippen LogP contribution in [0.25, 0.3) is 22.0 Å². The van der Waals surface area contributed by atoms with E-state index in [-0.39, 0.29) is 16.5 Å². The van der Waals surface area contributed by atoms with Crippen molar-refractivity contribution >= 4 is 42.8 Å². The summed E-state index contributed by atoms with van der Waals surface area (Å²) < 4.78 is 48.3. The van der Waals surface area contributed by atoms with Crippen LogP contribution < -0.4 is 14.6 Å². The van der Waals surface area contributed by atoms with E-state index in [1.165, 1.54) is 30.5 Å². The first-order valence-corrected chi connectivity index (χ1v) is 12.0. The molecule has 0 amide bonds. The maximum Gasteiger partial charge on any atom is 0.305 e. The molecule has 158 valence electrons. The Morgan fingerprint density at radius 3 is 2.06 bits per heavy atom. The lowest BCUT2D eigenvalue weighted by molar-refractivity contribution is 0.596. The molecule has 0 saturated carbocycles. The van der Waals surface area contributed by atoms with Gasteiger partial charge in [0.05, 0.1) is 16.1 Å². The minimum absolute atomic E-state index is 0.0634. The van der Waals surface area contributed by atoms with E-state index in [2.05, 4.69) is 9.97 Å². The van der Waals surface area contributed by atoms with Crippen LogP contribution in [0, 0.1) is 0 Å². The van der Waals surface area contributed by atoms with Crippen LogP contribution in [0.1, 0.15) is 0 Å². The molecular formula is C20H17N5O4S2. The molecule has 4 aromatic rings. The van der Waals surface area contributed by atoms with Crippen molar-refractivity contribution in [1.82, 2.24) is 9.97 Å². The highest BCUT2D eigenvalue weighted by Crippen LogP contribution is 2.28. The highest BCUT2D eigenvalue weighted by molar-refractivity contribution is 7.91. The zero-order valence-electron chi connectivity index (χ0n) is 16.0. The number of fused-ring (bicyclic) bond motifs is 1. The van der Waals surface area contributed by atoms with E-state index in [4.69, 9.17) is 10.3 Å². The second-order valence-corrected chi connectivity index (χ2v) is 9.61. The number of nitrogens with two attached hydrogens (primary N) is 2. The van der Waals surface area contributed by atoms with Crippen LogP contribution in [0.4, 0.5) is 11.6 Å². The van der Waals surface area contributed by atoms with Gasteiger partial charge in [-0.3, -0.25) is 0 Å². The van der Waals surface area contributed by atoms with Crippen molar-refractivity contribution in [2.24, 2.45) is 10.3 Å². The fourth-order valence-corrected chi connectivity index (χ4v) is 4.32. The molecule has 0 saturated heterocycles. The molecule has 0 fully saturated rings. The Bertz CT molecular complexity index is 1470.